The summed E-state index contributed by atoms with van der Waals surface area (Å²) in [7, 11) is 0. The molecular formula is C18H22N2OS. The van der Waals surface area contributed by atoms with Crippen LogP contribution in [0.2, 0.25) is 0 Å². The monoisotopic (exact) mass is 314 g/mol. The molecule has 2 aromatic rings. The average molecular weight is 314 g/mol. The van der Waals surface area contributed by atoms with Gasteiger partial charge < -0.3 is 10.2 Å². The lowest BCUT2D eigenvalue weighted by atomic mass is 10.2. The van der Waals surface area contributed by atoms with E-state index in [-0.39, 0.29) is 6.03 Å². The molecule has 1 heterocycles. The quantitative estimate of drug-likeness (QED) is 0.843. The Labute approximate surface area is 136 Å². The van der Waals surface area contributed by atoms with Gasteiger partial charge in [-0.05, 0) is 44.0 Å². The molecule has 0 spiro atoms. The highest BCUT2D eigenvalue weighted by molar-refractivity contribution is 7.11. The van der Waals surface area contributed by atoms with E-state index in [9.17, 15) is 4.79 Å². The Hall–Kier alpha value is -1.81. The van der Waals surface area contributed by atoms with Crippen LogP contribution >= 0.6 is 11.3 Å². The summed E-state index contributed by atoms with van der Waals surface area (Å²) >= 11 is 1.78. The molecular weight excluding hydrogens is 292 g/mol. The van der Waals surface area contributed by atoms with Gasteiger partial charge in [-0.15, -0.1) is 11.3 Å². The second-order valence-corrected chi connectivity index (χ2v) is 7.25. The standard InChI is InChI=1S/C18H22N2OS/c1-14-11-12-17(22-14)13-20(16-9-5-6-10-16)18(21)19-15-7-3-2-4-8-15/h2-4,7-8,11-12,16H,5-6,9-10,13H2,1H3,(H,19,21). The number of carbonyl (C=O) groups is 1. The predicted molar refractivity (Wildman–Crippen MR) is 92.3 cm³/mol. The highest BCUT2D eigenvalue weighted by atomic mass is 32.1. The molecule has 1 aliphatic carbocycles. The van der Waals surface area contributed by atoms with E-state index in [1.165, 1.54) is 22.6 Å². The number of aryl methyl sites for hydroxylation is 1. The maximum Gasteiger partial charge on any atom is 0.322 e. The Balaban J connectivity index is 1.73. The van der Waals surface area contributed by atoms with Crippen molar-refractivity contribution in [2.45, 2.75) is 45.2 Å². The number of nitrogens with zero attached hydrogens (tertiary/aromatic N) is 1. The number of urea groups is 1. The molecule has 1 aromatic carbocycles. The van der Waals surface area contributed by atoms with Crippen molar-refractivity contribution >= 4 is 23.1 Å². The van der Waals surface area contributed by atoms with Gasteiger partial charge in [0.25, 0.3) is 0 Å². The van der Waals surface area contributed by atoms with E-state index < -0.39 is 0 Å². The number of nitrogens with one attached hydrogen (secondary N) is 1. The summed E-state index contributed by atoms with van der Waals surface area (Å²) in [5.41, 5.74) is 0.859. The van der Waals surface area contributed by atoms with Gasteiger partial charge in [-0.3, -0.25) is 0 Å². The van der Waals surface area contributed by atoms with Crippen LogP contribution in [0.15, 0.2) is 42.5 Å². The van der Waals surface area contributed by atoms with Gasteiger partial charge in [0.2, 0.25) is 0 Å². The van der Waals surface area contributed by atoms with Gasteiger partial charge in [0.15, 0.2) is 0 Å². The zero-order valence-corrected chi connectivity index (χ0v) is 13.7. The van der Waals surface area contributed by atoms with Crippen LogP contribution in [0.5, 0.6) is 0 Å². The molecule has 1 aromatic heterocycles. The van der Waals surface area contributed by atoms with Crippen molar-refractivity contribution < 1.29 is 4.79 Å². The molecule has 2 amide bonds. The molecule has 0 saturated heterocycles. The molecule has 1 aliphatic rings. The number of thiophene rings is 1. The summed E-state index contributed by atoms with van der Waals surface area (Å²) in [6, 6.07) is 14.4. The van der Waals surface area contributed by atoms with E-state index in [4.69, 9.17) is 0 Å². The molecule has 0 radical (unpaired) electrons. The van der Waals surface area contributed by atoms with Gasteiger partial charge in [0.05, 0.1) is 6.54 Å². The molecule has 1 saturated carbocycles. The minimum Gasteiger partial charge on any atom is -0.316 e. The molecule has 0 unspecified atom stereocenters. The largest absolute Gasteiger partial charge is 0.322 e. The minimum absolute atomic E-state index is 0.0177. The van der Waals surface area contributed by atoms with Gasteiger partial charge in [0, 0.05) is 21.5 Å². The number of benzene rings is 1. The summed E-state index contributed by atoms with van der Waals surface area (Å²) in [4.78, 5) is 17.3. The molecule has 3 rings (SSSR count). The summed E-state index contributed by atoms with van der Waals surface area (Å²) in [6.07, 6.45) is 4.69. The maximum absolute atomic E-state index is 12.7. The average Bonchev–Trinajstić information content (AvgIpc) is 3.17. The molecule has 22 heavy (non-hydrogen) atoms. The van der Waals surface area contributed by atoms with E-state index in [1.807, 2.05) is 35.2 Å². The van der Waals surface area contributed by atoms with Crippen molar-refractivity contribution in [3.8, 4) is 0 Å². The lowest BCUT2D eigenvalue weighted by molar-refractivity contribution is 0.185. The van der Waals surface area contributed by atoms with Crippen LogP contribution in [0.4, 0.5) is 10.5 Å². The lowest BCUT2D eigenvalue weighted by Gasteiger charge is -2.28. The van der Waals surface area contributed by atoms with Crippen molar-refractivity contribution in [2.75, 3.05) is 5.32 Å². The van der Waals surface area contributed by atoms with Crippen molar-refractivity contribution in [3.05, 3.63) is 52.2 Å². The smallest absolute Gasteiger partial charge is 0.316 e. The Kier molecular flexibility index (Phi) is 4.78. The van der Waals surface area contributed by atoms with Crippen LogP contribution in [0.3, 0.4) is 0 Å². The topological polar surface area (TPSA) is 32.3 Å². The Morgan fingerprint density at radius 1 is 1.18 bits per heavy atom. The van der Waals surface area contributed by atoms with Crippen LogP contribution in [-0.4, -0.2) is 17.0 Å². The number of hydrogen-bond acceptors (Lipinski definition) is 2. The normalized spacial score (nSPS) is 15.0. The second-order valence-electron chi connectivity index (χ2n) is 5.87. The zero-order valence-electron chi connectivity index (χ0n) is 12.9. The summed E-state index contributed by atoms with van der Waals surface area (Å²) < 4.78 is 0. The molecule has 4 heteroatoms. The fourth-order valence-corrected chi connectivity index (χ4v) is 3.93. The number of anilines is 1. The van der Waals surface area contributed by atoms with E-state index in [2.05, 4.69) is 24.4 Å². The van der Waals surface area contributed by atoms with Crippen molar-refractivity contribution in [1.29, 1.82) is 0 Å². The molecule has 0 aliphatic heterocycles. The summed E-state index contributed by atoms with van der Waals surface area (Å²) in [6.45, 7) is 2.82. The number of carbonyl (C=O) groups excluding carboxylic acids is 1. The molecule has 3 nitrogen and oxygen atoms in total. The third-order valence-corrected chi connectivity index (χ3v) is 5.16. The van der Waals surface area contributed by atoms with Crippen LogP contribution < -0.4 is 5.32 Å². The van der Waals surface area contributed by atoms with Gasteiger partial charge >= 0.3 is 6.03 Å². The van der Waals surface area contributed by atoms with Crippen LogP contribution in [0, 0.1) is 6.92 Å². The maximum atomic E-state index is 12.7. The zero-order chi connectivity index (χ0) is 15.4. The van der Waals surface area contributed by atoms with Gasteiger partial charge in [-0.25, -0.2) is 4.79 Å². The highest BCUT2D eigenvalue weighted by Crippen LogP contribution is 2.27. The molecule has 1 N–H and O–H groups in total. The lowest BCUT2D eigenvalue weighted by Crippen LogP contribution is -2.40. The SMILES string of the molecule is Cc1ccc(CN(C(=O)Nc2ccccc2)C2CCCC2)s1. The van der Waals surface area contributed by atoms with Gasteiger partial charge in [-0.1, -0.05) is 31.0 Å². The van der Waals surface area contributed by atoms with E-state index >= 15 is 0 Å². The summed E-state index contributed by atoms with van der Waals surface area (Å²) in [5.74, 6) is 0. The highest BCUT2D eigenvalue weighted by Gasteiger charge is 2.27. The Bertz CT molecular complexity index is 617. The molecule has 0 atom stereocenters. The van der Waals surface area contributed by atoms with Crippen LogP contribution in [0.25, 0.3) is 0 Å². The molecule has 1 fully saturated rings. The Morgan fingerprint density at radius 3 is 2.55 bits per heavy atom. The van der Waals surface area contributed by atoms with E-state index in [0.717, 1.165) is 18.5 Å². The first-order chi connectivity index (χ1) is 10.7. The first-order valence-electron chi connectivity index (χ1n) is 7.90. The molecule has 0 bridgehead atoms. The van der Waals surface area contributed by atoms with Crippen molar-refractivity contribution in [2.24, 2.45) is 0 Å². The third kappa shape index (κ3) is 3.69. The van der Waals surface area contributed by atoms with E-state index in [1.54, 1.807) is 11.3 Å². The third-order valence-electron chi connectivity index (χ3n) is 4.17. The summed E-state index contributed by atoms with van der Waals surface area (Å²) in [5, 5.41) is 3.04. The number of amides is 2. The van der Waals surface area contributed by atoms with E-state index in [0.29, 0.717) is 12.6 Å². The fraction of sp³-hybridized carbons (Fsp3) is 0.389. The number of hydrogen-bond donors (Lipinski definition) is 1. The minimum atomic E-state index is 0.0177. The predicted octanol–water partition coefficient (Wildman–Crippen LogP) is 5.03. The first-order valence-corrected chi connectivity index (χ1v) is 8.72. The van der Waals surface area contributed by atoms with Crippen LogP contribution in [-0.2, 0) is 6.54 Å². The second kappa shape index (κ2) is 6.97. The van der Waals surface area contributed by atoms with Gasteiger partial charge in [-0.2, -0.15) is 0 Å². The number of para-hydroxylation sites is 1. The molecule has 116 valence electrons. The van der Waals surface area contributed by atoms with Crippen molar-refractivity contribution in [1.82, 2.24) is 4.90 Å². The van der Waals surface area contributed by atoms with Crippen LogP contribution in [0.1, 0.15) is 35.4 Å². The first kappa shape index (κ1) is 15.1. The van der Waals surface area contributed by atoms with Gasteiger partial charge in [0.1, 0.15) is 0 Å². The van der Waals surface area contributed by atoms with Crippen molar-refractivity contribution in [3.63, 3.8) is 0 Å². The number of rotatable bonds is 4. The Morgan fingerprint density at radius 2 is 1.91 bits per heavy atom. The fourth-order valence-electron chi connectivity index (χ4n) is 3.04.